The SMILES string of the molecule is CCCC(=O)Nc1ccc2c(c1)CN(C(=O)c1ccc(C#N)cc1)[C@@H](C(=O)N(C)C)C2. The van der Waals surface area contributed by atoms with Crippen molar-refractivity contribution in [2.24, 2.45) is 0 Å². The summed E-state index contributed by atoms with van der Waals surface area (Å²) < 4.78 is 0. The maximum Gasteiger partial charge on any atom is 0.254 e. The minimum absolute atomic E-state index is 0.0514. The molecule has 2 aromatic carbocycles. The molecular weight excluding hydrogens is 392 g/mol. The lowest BCUT2D eigenvalue weighted by Crippen LogP contribution is -2.52. The smallest absolute Gasteiger partial charge is 0.254 e. The summed E-state index contributed by atoms with van der Waals surface area (Å²) in [7, 11) is 3.35. The van der Waals surface area contributed by atoms with Crippen LogP contribution in [0.1, 0.15) is 46.8 Å². The molecule has 0 aromatic heterocycles. The predicted octanol–water partition coefficient (Wildman–Crippen LogP) is 2.95. The number of nitriles is 1. The summed E-state index contributed by atoms with van der Waals surface area (Å²) in [4.78, 5) is 41.2. The quantitative estimate of drug-likeness (QED) is 0.808. The predicted molar refractivity (Wildman–Crippen MR) is 117 cm³/mol. The number of fused-ring (bicyclic) bond motifs is 1. The molecule has 0 saturated heterocycles. The van der Waals surface area contributed by atoms with E-state index in [1.165, 1.54) is 4.90 Å². The summed E-state index contributed by atoms with van der Waals surface area (Å²) in [6.45, 7) is 2.21. The van der Waals surface area contributed by atoms with Crippen molar-refractivity contribution in [3.05, 3.63) is 64.7 Å². The van der Waals surface area contributed by atoms with E-state index in [1.807, 2.05) is 31.2 Å². The van der Waals surface area contributed by atoms with E-state index in [4.69, 9.17) is 5.26 Å². The molecule has 31 heavy (non-hydrogen) atoms. The Morgan fingerprint density at radius 2 is 1.84 bits per heavy atom. The monoisotopic (exact) mass is 418 g/mol. The molecule has 0 saturated carbocycles. The van der Waals surface area contributed by atoms with Gasteiger partial charge in [-0.05, 0) is 53.9 Å². The summed E-state index contributed by atoms with van der Waals surface area (Å²) >= 11 is 0. The molecule has 1 aliphatic rings. The molecule has 7 nitrogen and oxygen atoms in total. The van der Waals surface area contributed by atoms with Crippen molar-refractivity contribution < 1.29 is 14.4 Å². The van der Waals surface area contributed by atoms with Crippen LogP contribution in [0.2, 0.25) is 0 Å². The standard InChI is InChI=1S/C24H26N4O3/c1-4-5-22(29)26-20-11-10-18-13-21(24(31)27(2)3)28(15-19(18)12-20)23(30)17-8-6-16(14-25)7-9-17/h6-12,21H,4-5,13,15H2,1-3H3,(H,26,29)/t21-/m1/s1. The molecule has 7 heteroatoms. The van der Waals surface area contributed by atoms with Crippen LogP contribution in [0, 0.1) is 11.3 Å². The van der Waals surface area contributed by atoms with Crippen molar-refractivity contribution in [1.82, 2.24) is 9.80 Å². The number of hydrogen-bond donors (Lipinski definition) is 1. The van der Waals surface area contributed by atoms with Gasteiger partial charge in [0, 0.05) is 44.7 Å². The third-order valence-electron chi connectivity index (χ3n) is 5.34. The Balaban J connectivity index is 1.93. The zero-order chi connectivity index (χ0) is 22.5. The van der Waals surface area contributed by atoms with Crippen LogP contribution in [0.3, 0.4) is 0 Å². The van der Waals surface area contributed by atoms with Gasteiger partial charge in [0.2, 0.25) is 11.8 Å². The van der Waals surface area contributed by atoms with Gasteiger partial charge in [-0.1, -0.05) is 13.0 Å². The van der Waals surface area contributed by atoms with Gasteiger partial charge in [0.25, 0.3) is 5.91 Å². The second-order valence-electron chi connectivity index (χ2n) is 7.86. The summed E-state index contributed by atoms with van der Waals surface area (Å²) in [5.74, 6) is -0.465. The number of anilines is 1. The highest BCUT2D eigenvalue weighted by Crippen LogP contribution is 2.28. The van der Waals surface area contributed by atoms with Crippen molar-refractivity contribution in [1.29, 1.82) is 5.26 Å². The zero-order valence-electron chi connectivity index (χ0n) is 18.0. The number of carbonyl (C=O) groups excluding carboxylic acids is 3. The Labute approximate surface area is 182 Å². The van der Waals surface area contributed by atoms with E-state index >= 15 is 0 Å². The number of amides is 3. The minimum atomic E-state index is -0.619. The van der Waals surface area contributed by atoms with Gasteiger partial charge in [-0.2, -0.15) is 5.26 Å². The zero-order valence-corrected chi connectivity index (χ0v) is 18.0. The molecule has 1 aliphatic heterocycles. The van der Waals surface area contributed by atoms with E-state index in [1.54, 1.807) is 43.3 Å². The summed E-state index contributed by atoms with van der Waals surface area (Å²) in [5, 5.41) is 11.9. The number of rotatable bonds is 5. The van der Waals surface area contributed by atoms with Gasteiger partial charge in [-0.15, -0.1) is 0 Å². The molecule has 0 fully saturated rings. The Hall–Kier alpha value is -3.66. The second-order valence-corrected chi connectivity index (χ2v) is 7.86. The van der Waals surface area contributed by atoms with Crippen LogP contribution in [-0.2, 0) is 22.6 Å². The van der Waals surface area contributed by atoms with Gasteiger partial charge in [-0.25, -0.2) is 0 Å². The first-order valence-electron chi connectivity index (χ1n) is 10.3. The van der Waals surface area contributed by atoms with Gasteiger partial charge >= 0.3 is 0 Å². The Morgan fingerprint density at radius 3 is 2.45 bits per heavy atom. The number of likely N-dealkylation sites (N-methyl/N-ethyl adjacent to an activating group) is 1. The lowest BCUT2D eigenvalue weighted by atomic mass is 9.92. The van der Waals surface area contributed by atoms with Crippen LogP contribution >= 0.6 is 0 Å². The average molecular weight is 418 g/mol. The number of nitrogens with one attached hydrogen (secondary N) is 1. The molecule has 3 rings (SSSR count). The van der Waals surface area contributed by atoms with Gasteiger partial charge in [0.15, 0.2) is 0 Å². The molecule has 1 atom stereocenters. The third kappa shape index (κ3) is 4.92. The van der Waals surface area contributed by atoms with Crippen molar-refractivity contribution in [3.8, 4) is 6.07 Å². The number of benzene rings is 2. The van der Waals surface area contributed by atoms with E-state index in [0.29, 0.717) is 29.7 Å². The second kappa shape index (κ2) is 9.43. The van der Waals surface area contributed by atoms with Crippen molar-refractivity contribution >= 4 is 23.4 Å². The number of carbonyl (C=O) groups is 3. The Bertz CT molecular complexity index is 1040. The van der Waals surface area contributed by atoms with Crippen molar-refractivity contribution in [2.75, 3.05) is 19.4 Å². The fourth-order valence-electron chi connectivity index (χ4n) is 3.70. The minimum Gasteiger partial charge on any atom is -0.347 e. The molecule has 0 bridgehead atoms. The highest BCUT2D eigenvalue weighted by molar-refractivity contribution is 5.98. The molecule has 2 aromatic rings. The largest absolute Gasteiger partial charge is 0.347 e. The third-order valence-corrected chi connectivity index (χ3v) is 5.34. The van der Waals surface area contributed by atoms with Crippen LogP contribution < -0.4 is 5.32 Å². The lowest BCUT2D eigenvalue weighted by Gasteiger charge is -2.37. The Morgan fingerprint density at radius 1 is 1.13 bits per heavy atom. The highest BCUT2D eigenvalue weighted by atomic mass is 16.2. The van der Waals surface area contributed by atoms with Gasteiger partial charge < -0.3 is 15.1 Å². The van der Waals surface area contributed by atoms with Crippen LogP contribution in [0.5, 0.6) is 0 Å². The van der Waals surface area contributed by atoms with Crippen LogP contribution in [0.25, 0.3) is 0 Å². The van der Waals surface area contributed by atoms with Crippen LogP contribution in [0.4, 0.5) is 5.69 Å². The normalized spacial score (nSPS) is 14.9. The van der Waals surface area contributed by atoms with Gasteiger partial charge in [0.05, 0.1) is 11.6 Å². The van der Waals surface area contributed by atoms with Crippen LogP contribution in [0.15, 0.2) is 42.5 Å². The fourth-order valence-corrected chi connectivity index (χ4v) is 3.70. The van der Waals surface area contributed by atoms with E-state index in [9.17, 15) is 14.4 Å². The molecule has 3 amide bonds. The first kappa shape index (κ1) is 22.0. The van der Waals surface area contributed by atoms with E-state index < -0.39 is 6.04 Å². The molecule has 1 heterocycles. The molecule has 0 spiro atoms. The summed E-state index contributed by atoms with van der Waals surface area (Å²) in [6.07, 6.45) is 1.61. The van der Waals surface area contributed by atoms with Gasteiger partial charge in [-0.3, -0.25) is 14.4 Å². The summed E-state index contributed by atoms with van der Waals surface area (Å²) in [5.41, 5.74) is 3.46. The van der Waals surface area contributed by atoms with E-state index in [2.05, 4.69) is 5.32 Å². The molecule has 0 aliphatic carbocycles. The molecule has 1 N–H and O–H groups in total. The van der Waals surface area contributed by atoms with Crippen molar-refractivity contribution in [2.45, 2.75) is 38.8 Å². The number of hydrogen-bond acceptors (Lipinski definition) is 4. The first-order valence-corrected chi connectivity index (χ1v) is 10.3. The van der Waals surface area contributed by atoms with E-state index in [0.717, 1.165) is 17.5 Å². The molecular formula is C24H26N4O3. The molecule has 160 valence electrons. The van der Waals surface area contributed by atoms with Crippen LogP contribution in [-0.4, -0.2) is 47.7 Å². The molecule has 0 unspecified atom stereocenters. The highest BCUT2D eigenvalue weighted by Gasteiger charge is 2.36. The number of nitrogens with zero attached hydrogens (tertiary/aromatic N) is 3. The first-order chi connectivity index (χ1) is 14.8. The Kier molecular flexibility index (Phi) is 6.71. The van der Waals surface area contributed by atoms with E-state index in [-0.39, 0.29) is 24.3 Å². The van der Waals surface area contributed by atoms with Gasteiger partial charge in [0.1, 0.15) is 6.04 Å². The lowest BCUT2D eigenvalue weighted by molar-refractivity contribution is -0.134. The summed E-state index contributed by atoms with van der Waals surface area (Å²) in [6, 6.07) is 13.4. The average Bonchev–Trinajstić information content (AvgIpc) is 2.77. The maximum atomic E-state index is 13.3. The van der Waals surface area contributed by atoms with Crippen molar-refractivity contribution in [3.63, 3.8) is 0 Å². The fraction of sp³-hybridized carbons (Fsp3) is 0.333. The molecule has 0 radical (unpaired) electrons. The topological polar surface area (TPSA) is 93.5 Å². The maximum absolute atomic E-state index is 13.3.